The van der Waals surface area contributed by atoms with Gasteiger partial charge in [-0.3, -0.25) is 4.79 Å². The predicted octanol–water partition coefficient (Wildman–Crippen LogP) is 1.58. The van der Waals surface area contributed by atoms with E-state index in [4.69, 9.17) is 0 Å². The maximum absolute atomic E-state index is 13.3. The largest absolute Gasteiger partial charge is 0.355 e. The van der Waals surface area contributed by atoms with Gasteiger partial charge in [0.05, 0.1) is 6.04 Å². The minimum atomic E-state index is -0.880. The lowest BCUT2D eigenvalue weighted by Gasteiger charge is -2.13. The zero-order chi connectivity index (χ0) is 12.8. The molecule has 3 nitrogen and oxygen atoms in total. The van der Waals surface area contributed by atoms with Gasteiger partial charge in [0.2, 0.25) is 5.91 Å². The molecule has 0 bridgehead atoms. The Hall–Kier alpha value is -1.49. The summed E-state index contributed by atoms with van der Waals surface area (Å²) in [6.07, 6.45) is 0. The highest BCUT2D eigenvalue weighted by atomic mass is 19.2. The highest BCUT2D eigenvalue weighted by Crippen LogP contribution is 2.10. The number of likely N-dealkylation sites (N-methyl/N-ethyl adjacent to an activating group) is 1. The zero-order valence-corrected chi connectivity index (χ0v) is 9.89. The molecule has 94 valence electrons. The molecule has 2 N–H and O–H groups in total. The van der Waals surface area contributed by atoms with Gasteiger partial charge in [-0.05, 0) is 19.9 Å². The van der Waals surface area contributed by atoms with Crippen molar-refractivity contribution in [2.24, 2.45) is 0 Å². The molecule has 0 aliphatic heterocycles. The van der Waals surface area contributed by atoms with Crippen LogP contribution in [0.2, 0.25) is 0 Å². The average molecular weight is 242 g/mol. The molecule has 17 heavy (non-hydrogen) atoms. The standard InChI is InChI=1S/C12H16F2N2O/c1-3-15-12(17)8(2)16-7-9-5-4-6-10(13)11(9)14/h4-6,8,16H,3,7H2,1-2H3,(H,15,17). The topological polar surface area (TPSA) is 41.1 Å². The summed E-state index contributed by atoms with van der Waals surface area (Å²) in [6, 6.07) is 3.53. The fraction of sp³-hybridized carbons (Fsp3) is 0.417. The molecule has 1 unspecified atom stereocenters. The summed E-state index contributed by atoms with van der Waals surface area (Å²) in [7, 11) is 0. The second-order valence-electron chi connectivity index (χ2n) is 3.71. The van der Waals surface area contributed by atoms with E-state index in [1.807, 2.05) is 6.92 Å². The van der Waals surface area contributed by atoms with E-state index in [1.54, 1.807) is 6.92 Å². The Morgan fingerprint density at radius 2 is 2.12 bits per heavy atom. The first kappa shape index (κ1) is 13.6. The Morgan fingerprint density at radius 3 is 2.76 bits per heavy atom. The lowest BCUT2D eigenvalue weighted by molar-refractivity contribution is -0.122. The minimum Gasteiger partial charge on any atom is -0.355 e. The lowest BCUT2D eigenvalue weighted by atomic mass is 10.2. The Bertz CT molecular complexity index is 396. The minimum absolute atomic E-state index is 0.113. The molecule has 5 heteroatoms. The van der Waals surface area contributed by atoms with E-state index >= 15 is 0 Å². The normalized spacial score (nSPS) is 12.2. The van der Waals surface area contributed by atoms with Crippen molar-refractivity contribution in [1.29, 1.82) is 0 Å². The third kappa shape index (κ3) is 3.78. The number of benzene rings is 1. The number of carbonyl (C=O) groups excluding carboxylic acids is 1. The van der Waals surface area contributed by atoms with Crippen LogP contribution in [0.1, 0.15) is 19.4 Å². The van der Waals surface area contributed by atoms with E-state index < -0.39 is 17.7 Å². The second kappa shape index (κ2) is 6.30. The zero-order valence-electron chi connectivity index (χ0n) is 9.89. The third-order valence-electron chi connectivity index (χ3n) is 2.37. The van der Waals surface area contributed by atoms with E-state index in [9.17, 15) is 13.6 Å². The van der Waals surface area contributed by atoms with Crippen molar-refractivity contribution in [2.75, 3.05) is 6.54 Å². The van der Waals surface area contributed by atoms with Crippen LogP contribution in [0, 0.1) is 11.6 Å². The number of carbonyl (C=O) groups is 1. The predicted molar refractivity (Wildman–Crippen MR) is 61.3 cm³/mol. The average Bonchev–Trinajstić information content (AvgIpc) is 2.31. The molecule has 0 fully saturated rings. The highest BCUT2D eigenvalue weighted by molar-refractivity contribution is 5.81. The molecular weight excluding hydrogens is 226 g/mol. The van der Waals surface area contributed by atoms with E-state index in [0.717, 1.165) is 6.07 Å². The number of rotatable bonds is 5. The van der Waals surface area contributed by atoms with Gasteiger partial charge in [-0.15, -0.1) is 0 Å². The van der Waals surface area contributed by atoms with Gasteiger partial charge in [-0.1, -0.05) is 12.1 Å². The maximum atomic E-state index is 13.3. The quantitative estimate of drug-likeness (QED) is 0.823. The second-order valence-corrected chi connectivity index (χ2v) is 3.71. The molecule has 1 rings (SSSR count). The van der Waals surface area contributed by atoms with Crippen molar-refractivity contribution >= 4 is 5.91 Å². The first-order chi connectivity index (χ1) is 8.06. The van der Waals surface area contributed by atoms with Crippen LogP contribution in [0.15, 0.2) is 18.2 Å². The first-order valence-corrected chi connectivity index (χ1v) is 5.50. The van der Waals surface area contributed by atoms with E-state index in [1.165, 1.54) is 12.1 Å². The van der Waals surface area contributed by atoms with Crippen LogP contribution in [-0.2, 0) is 11.3 Å². The summed E-state index contributed by atoms with van der Waals surface area (Å²) in [5, 5.41) is 5.47. The summed E-state index contributed by atoms with van der Waals surface area (Å²) >= 11 is 0. The van der Waals surface area contributed by atoms with Crippen LogP contribution < -0.4 is 10.6 Å². The van der Waals surface area contributed by atoms with Gasteiger partial charge in [0.1, 0.15) is 0 Å². The molecular formula is C12H16F2N2O. The smallest absolute Gasteiger partial charge is 0.236 e. The molecule has 0 heterocycles. The highest BCUT2D eigenvalue weighted by Gasteiger charge is 2.13. The maximum Gasteiger partial charge on any atom is 0.236 e. The Balaban J connectivity index is 2.56. The molecule has 0 aliphatic rings. The van der Waals surface area contributed by atoms with Crippen molar-refractivity contribution in [2.45, 2.75) is 26.4 Å². The molecule has 1 amide bonds. The van der Waals surface area contributed by atoms with Gasteiger partial charge in [-0.2, -0.15) is 0 Å². The molecule has 0 radical (unpaired) electrons. The van der Waals surface area contributed by atoms with E-state index in [-0.39, 0.29) is 18.0 Å². The first-order valence-electron chi connectivity index (χ1n) is 5.50. The Morgan fingerprint density at radius 1 is 1.41 bits per heavy atom. The van der Waals surface area contributed by atoms with E-state index in [2.05, 4.69) is 10.6 Å². The van der Waals surface area contributed by atoms with Crippen molar-refractivity contribution in [3.63, 3.8) is 0 Å². The van der Waals surface area contributed by atoms with Crippen molar-refractivity contribution < 1.29 is 13.6 Å². The summed E-state index contributed by atoms with van der Waals surface area (Å²) < 4.78 is 26.2. The molecule has 0 aromatic heterocycles. The number of halogens is 2. The van der Waals surface area contributed by atoms with Crippen molar-refractivity contribution in [3.05, 3.63) is 35.4 Å². The van der Waals surface area contributed by atoms with Crippen LogP contribution in [0.25, 0.3) is 0 Å². The summed E-state index contributed by atoms with van der Waals surface area (Å²) in [5.74, 6) is -1.91. The summed E-state index contributed by atoms with van der Waals surface area (Å²) in [6.45, 7) is 4.14. The van der Waals surface area contributed by atoms with Gasteiger partial charge in [-0.25, -0.2) is 8.78 Å². The molecule has 0 saturated carbocycles. The van der Waals surface area contributed by atoms with Crippen LogP contribution in [-0.4, -0.2) is 18.5 Å². The fourth-order valence-electron chi connectivity index (χ4n) is 1.37. The third-order valence-corrected chi connectivity index (χ3v) is 2.37. The fourth-order valence-corrected chi connectivity index (χ4v) is 1.37. The van der Waals surface area contributed by atoms with Gasteiger partial charge in [0.25, 0.3) is 0 Å². The molecule has 0 spiro atoms. The molecule has 0 saturated heterocycles. The van der Waals surface area contributed by atoms with Crippen molar-refractivity contribution in [1.82, 2.24) is 10.6 Å². The lowest BCUT2D eigenvalue weighted by Crippen LogP contribution is -2.41. The molecule has 1 aromatic carbocycles. The number of nitrogens with one attached hydrogen (secondary N) is 2. The number of hydrogen-bond acceptors (Lipinski definition) is 2. The van der Waals surface area contributed by atoms with Crippen LogP contribution in [0.3, 0.4) is 0 Å². The van der Waals surface area contributed by atoms with Gasteiger partial charge in [0.15, 0.2) is 11.6 Å². The SMILES string of the molecule is CCNC(=O)C(C)NCc1cccc(F)c1F. The van der Waals surface area contributed by atoms with Crippen LogP contribution >= 0.6 is 0 Å². The Labute approximate surface area is 99.2 Å². The van der Waals surface area contributed by atoms with Crippen LogP contribution in [0.5, 0.6) is 0 Å². The molecule has 1 atom stereocenters. The Kier molecular flexibility index (Phi) is 5.03. The van der Waals surface area contributed by atoms with Crippen LogP contribution in [0.4, 0.5) is 8.78 Å². The van der Waals surface area contributed by atoms with Gasteiger partial charge in [0, 0.05) is 18.7 Å². The monoisotopic (exact) mass is 242 g/mol. The molecule has 1 aromatic rings. The van der Waals surface area contributed by atoms with E-state index in [0.29, 0.717) is 6.54 Å². The van der Waals surface area contributed by atoms with Crippen molar-refractivity contribution in [3.8, 4) is 0 Å². The van der Waals surface area contributed by atoms with Gasteiger partial charge < -0.3 is 10.6 Å². The molecule has 0 aliphatic carbocycles. The summed E-state index contributed by atoms with van der Waals surface area (Å²) in [5.41, 5.74) is 0.209. The number of amides is 1. The number of hydrogen-bond donors (Lipinski definition) is 2. The van der Waals surface area contributed by atoms with Gasteiger partial charge >= 0.3 is 0 Å². The summed E-state index contributed by atoms with van der Waals surface area (Å²) in [4.78, 5) is 11.4.